The van der Waals surface area contributed by atoms with Crippen LogP contribution in [0.1, 0.15) is 43.0 Å². The Kier molecular flexibility index (Phi) is 4.40. The van der Waals surface area contributed by atoms with Crippen LogP contribution in [0, 0.1) is 0 Å². The number of nitrogens with zero attached hydrogens (tertiary/aromatic N) is 4. The maximum Gasteiger partial charge on any atom is 0.314 e. The molecule has 0 spiro atoms. The van der Waals surface area contributed by atoms with Crippen molar-refractivity contribution in [2.24, 2.45) is 0 Å². The summed E-state index contributed by atoms with van der Waals surface area (Å²) in [4.78, 5) is 8.73. The Bertz CT molecular complexity index is 910. The zero-order chi connectivity index (χ0) is 18.1. The Morgan fingerprint density at radius 3 is 2.50 bits per heavy atom. The summed E-state index contributed by atoms with van der Waals surface area (Å²) in [6.45, 7) is 0. The highest BCUT2D eigenvalue weighted by Gasteiger charge is 2.39. The van der Waals surface area contributed by atoms with Gasteiger partial charge in [-0.25, -0.2) is 9.97 Å². The van der Waals surface area contributed by atoms with Gasteiger partial charge < -0.3 is 4.42 Å². The summed E-state index contributed by atoms with van der Waals surface area (Å²) in [6.07, 6.45) is 4.21. The van der Waals surface area contributed by atoms with E-state index in [1.165, 1.54) is 18.0 Å². The second-order valence-corrected chi connectivity index (χ2v) is 6.89. The summed E-state index contributed by atoms with van der Waals surface area (Å²) in [6, 6.07) is 7.90. The summed E-state index contributed by atoms with van der Waals surface area (Å²) < 4.78 is 30.0. The average molecular weight is 377 g/mol. The molecule has 0 saturated heterocycles. The van der Waals surface area contributed by atoms with E-state index in [2.05, 4.69) is 26.2 Å². The van der Waals surface area contributed by atoms with Crippen LogP contribution in [-0.2, 0) is 11.8 Å². The molecule has 134 valence electrons. The first-order chi connectivity index (χ1) is 12.6. The molecule has 1 aromatic carbocycles. The molecule has 0 bridgehead atoms. The van der Waals surface area contributed by atoms with Crippen LogP contribution >= 0.6 is 11.6 Å². The number of alkyl halides is 2. The number of rotatable bonds is 5. The Morgan fingerprint density at radius 2 is 1.92 bits per heavy atom. The van der Waals surface area contributed by atoms with Gasteiger partial charge in [0.25, 0.3) is 11.8 Å². The monoisotopic (exact) mass is 376 g/mol. The van der Waals surface area contributed by atoms with Gasteiger partial charge in [0.15, 0.2) is 0 Å². The molecule has 3 aromatic rings. The quantitative estimate of drug-likeness (QED) is 0.641. The van der Waals surface area contributed by atoms with Gasteiger partial charge in [-0.05, 0) is 30.5 Å². The van der Waals surface area contributed by atoms with E-state index in [1.54, 1.807) is 0 Å². The van der Waals surface area contributed by atoms with Crippen molar-refractivity contribution in [3.63, 3.8) is 0 Å². The zero-order valence-corrected chi connectivity index (χ0v) is 14.5. The van der Waals surface area contributed by atoms with Gasteiger partial charge in [0.2, 0.25) is 0 Å². The molecular weight excluding hydrogens is 362 g/mol. The van der Waals surface area contributed by atoms with Gasteiger partial charge in [-0.3, -0.25) is 0 Å². The van der Waals surface area contributed by atoms with Gasteiger partial charge in [-0.15, -0.1) is 10.2 Å². The van der Waals surface area contributed by atoms with E-state index in [-0.39, 0.29) is 11.3 Å². The second-order valence-electron chi connectivity index (χ2n) is 6.46. The lowest BCUT2D eigenvalue weighted by molar-refractivity contribution is 0.116. The molecule has 0 unspecified atom stereocenters. The molecule has 5 nitrogen and oxygen atoms in total. The lowest BCUT2D eigenvalue weighted by atomic mass is 9.62. The molecule has 1 fully saturated rings. The number of halogens is 3. The van der Waals surface area contributed by atoms with Crippen LogP contribution in [-0.4, -0.2) is 20.2 Å². The maximum atomic E-state index is 12.5. The largest absolute Gasteiger partial charge is 0.415 e. The fourth-order valence-electron chi connectivity index (χ4n) is 3.29. The highest BCUT2D eigenvalue weighted by Crippen LogP contribution is 2.46. The Balaban J connectivity index is 1.55. The fourth-order valence-corrected chi connectivity index (χ4v) is 3.48. The first kappa shape index (κ1) is 17.0. The standard InChI is InChI=1S/C18H15ClF2N4O/c19-13-4-1-3-12(7-13)18(5-2-6-18)8-14-22-9-11(10-23-14)16-24-25-17(26-16)15(20)21/h1,3-4,7,9-10,15H,2,5-6,8H2. The van der Waals surface area contributed by atoms with Crippen LogP contribution in [0.5, 0.6) is 0 Å². The number of aromatic nitrogens is 4. The molecule has 1 aliphatic rings. The van der Waals surface area contributed by atoms with Crippen molar-refractivity contribution >= 4 is 11.6 Å². The third kappa shape index (κ3) is 3.19. The van der Waals surface area contributed by atoms with Crippen LogP contribution in [0.2, 0.25) is 5.02 Å². The van der Waals surface area contributed by atoms with E-state index in [4.69, 9.17) is 16.0 Å². The highest BCUT2D eigenvalue weighted by atomic mass is 35.5. The van der Waals surface area contributed by atoms with Crippen LogP contribution in [0.25, 0.3) is 11.5 Å². The minimum atomic E-state index is -2.80. The fraction of sp³-hybridized carbons (Fsp3) is 0.333. The molecule has 2 heterocycles. The summed E-state index contributed by atoms with van der Waals surface area (Å²) in [5, 5.41) is 7.63. The van der Waals surface area contributed by atoms with Crippen molar-refractivity contribution in [3.05, 3.63) is 59.0 Å². The van der Waals surface area contributed by atoms with Crippen molar-refractivity contribution in [1.29, 1.82) is 0 Å². The third-order valence-corrected chi connectivity index (χ3v) is 5.06. The van der Waals surface area contributed by atoms with E-state index >= 15 is 0 Å². The third-order valence-electron chi connectivity index (χ3n) is 4.82. The topological polar surface area (TPSA) is 64.7 Å². The Morgan fingerprint density at radius 1 is 1.15 bits per heavy atom. The molecule has 0 N–H and O–H groups in total. The molecule has 1 saturated carbocycles. The van der Waals surface area contributed by atoms with Crippen molar-refractivity contribution in [3.8, 4) is 11.5 Å². The lowest BCUT2D eigenvalue weighted by Crippen LogP contribution is -2.37. The van der Waals surface area contributed by atoms with E-state index in [9.17, 15) is 8.78 Å². The normalized spacial score (nSPS) is 15.8. The van der Waals surface area contributed by atoms with Crippen molar-refractivity contribution in [2.45, 2.75) is 37.5 Å². The number of hydrogen-bond donors (Lipinski definition) is 0. The summed E-state index contributed by atoms with van der Waals surface area (Å²) in [5.41, 5.74) is 1.61. The van der Waals surface area contributed by atoms with Crippen molar-refractivity contribution in [1.82, 2.24) is 20.2 Å². The van der Waals surface area contributed by atoms with E-state index in [1.807, 2.05) is 18.2 Å². The lowest BCUT2D eigenvalue weighted by Gasteiger charge is -2.42. The van der Waals surface area contributed by atoms with Gasteiger partial charge >= 0.3 is 6.43 Å². The predicted octanol–water partition coefficient (Wildman–Crippen LogP) is 4.78. The molecule has 0 amide bonds. The zero-order valence-electron chi connectivity index (χ0n) is 13.7. The van der Waals surface area contributed by atoms with Crippen LogP contribution in [0.4, 0.5) is 8.78 Å². The van der Waals surface area contributed by atoms with Gasteiger partial charge in [0, 0.05) is 29.3 Å². The second kappa shape index (κ2) is 6.72. The summed E-state index contributed by atoms with van der Waals surface area (Å²) in [7, 11) is 0. The maximum absolute atomic E-state index is 12.5. The molecule has 0 atom stereocenters. The smallest absolute Gasteiger partial charge is 0.314 e. The predicted molar refractivity (Wildman–Crippen MR) is 91.0 cm³/mol. The van der Waals surface area contributed by atoms with Crippen molar-refractivity contribution in [2.75, 3.05) is 0 Å². The minimum absolute atomic E-state index is 0.000249. The molecule has 8 heteroatoms. The van der Waals surface area contributed by atoms with Crippen LogP contribution in [0.3, 0.4) is 0 Å². The molecule has 26 heavy (non-hydrogen) atoms. The molecule has 0 aliphatic heterocycles. The molecular formula is C18H15ClF2N4O. The molecule has 1 aliphatic carbocycles. The first-order valence-corrected chi connectivity index (χ1v) is 8.62. The minimum Gasteiger partial charge on any atom is -0.415 e. The first-order valence-electron chi connectivity index (χ1n) is 8.25. The van der Waals surface area contributed by atoms with Gasteiger partial charge in [0.05, 0.1) is 5.56 Å². The molecule has 0 radical (unpaired) electrons. The Labute approximate surface area is 153 Å². The summed E-state index contributed by atoms with van der Waals surface area (Å²) in [5.74, 6) is -0.0412. The SMILES string of the molecule is FC(F)c1nnc(-c2cnc(CC3(c4cccc(Cl)c4)CCC3)nc2)o1. The van der Waals surface area contributed by atoms with Crippen LogP contribution in [0.15, 0.2) is 41.1 Å². The van der Waals surface area contributed by atoms with Crippen molar-refractivity contribution < 1.29 is 13.2 Å². The van der Waals surface area contributed by atoms with E-state index in [0.29, 0.717) is 17.8 Å². The van der Waals surface area contributed by atoms with E-state index in [0.717, 1.165) is 24.3 Å². The highest BCUT2D eigenvalue weighted by molar-refractivity contribution is 6.30. The average Bonchev–Trinajstić information content (AvgIpc) is 3.09. The number of hydrogen-bond acceptors (Lipinski definition) is 5. The number of benzene rings is 1. The van der Waals surface area contributed by atoms with Gasteiger partial charge in [-0.2, -0.15) is 8.78 Å². The van der Waals surface area contributed by atoms with Crippen LogP contribution < -0.4 is 0 Å². The van der Waals surface area contributed by atoms with Gasteiger partial charge in [-0.1, -0.05) is 30.2 Å². The van der Waals surface area contributed by atoms with Gasteiger partial charge in [0.1, 0.15) is 5.82 Å². The molecule has 2 aromatic heterocycles. The molecule has 4 rings (SSSR count). The Hall–Kier alpha value is -2.41. The van der Waals surface area contributed by atoms with E-state index < -0.39 is 12.3 Å². The summed E-state index contributed by atoms with van der Waals surface area (Å²) >= 11 is 6.14.